The number of benzene rings is 2. The molecule has 0 saturated heterocycles. The summed E-state index contributed by atoms with van der Waals surface area (Å²) in [4.78, 5) is 16.6. The Hall–Kier alpha value is -3.80. The number of anilines is 1. The molecular weight excluding hydrogens is 343 g/mol. The number of nitrogens with one attached hydrogen (secondary N) is 2. The van der Waals surface area contributed by atoms with E-state index in [1.807, 2.05) is 18.2 Å². The van der Waals surface area contributed by atoms with Gasteiger partial charge in [-0.3, -0.25) is 14.9 Å². The number of amides is 1. The number of aromatic amines is 1. The van der Waals surface area contributed by atoms with Gasteiger partial charge in [-0.1, -0.05) is 24.3 Å². The van der Waals surface area contributed by atoms with E-state index in [9.17, 15) is 9.18 Å². The standard InChI is InChI=1S/C21H15FN4O/c22-18-6-1-2-7-19(18)25-21(27)16-5-3-4-15(12-16)20-17(13-24-26-20)14-8-10-23-11-9-14/h1-13H,(H,24,26)(H,25,27). The van der Waals surface area contributed by atoms with Crippen molar-refractivity contribution in [3.05, 3.63) is 90.6 Å². The second kappa shape index (κ2) is 7.21. The molecule has 2 aromatic carbocycles. The van der Waals surface area contributed by atoms with Gasteiger partial charge in [-0.25, -0.2) is 4.39 Å². The molecule has 27 heavy (non-hydrogen) atoms. The lowest BCUT2D eigenvalue weighted by molar-refractivity contribution is 0.102. The number of H-pyrrole nitrogens is 1. The van der Waals surface area contributed by atoms with E-state index in [1.165, 1.54) is 12.1 Å². The van der Waals surface area contributed by atoms with Gasteiger partial charge in [-0.05, 0) is 42.0 Å². The highest BCUT2D eigenvalue weighted by molar-refractivity contribution is 6.05. The number of carbonyl (C=O) groups is 1. The molecule has 0 aliphatic heterocycles. The molecule has 2 heterocycles. The quantitative estimate of drug-likeness (QED) is 0.563. The van der Waals surface area contributed by atoms with Crippen LogP contribution in [0.3, 0.4) is 0 Å². The Kier molecular flexibility index (Phi) is 4.45. The molecule has 2 N–H and O–H groups in total. The average molecular weight is 358 g/mol. The molecule has 132 valence electrons. The van der Waals surface area contributed by atoms with Crippen LogP contribution in [-0.4, -0.2) is 21.1 Å². The summed E-state index contributed by atoms with van der Waals surface area (Å²) in [6.07, 6.45) is 5.16. The van der Waals surface area contributed by atoms with E-state index < -0.39 is 5.82 Å². The fraction of sp³-hybridized carbons (Fsp3) is 0. The lowest BCUT2D eigenvalue weighted by Crippen LogP contribution is -2.13. The molecule has 4 rings (SSSR count). The van der Waals surface area contributed by atoms with Gasteiger partial charge in [0.2, 0.25) is 0 Å². The number of rotatable bonds is 4. The van der Waals surface area contributed by atoms with Crippen LogP contribution in [0.15, 0.2) is 79.3 Å². The van der Waals surface area contributed by atoms with Crippen molar-refractivity contribution < 1.29 is 9.18 Å². The summed E-state index contributed by atoms with van der Waals surface area (Å²) in [6.45, 7) is 0. The molecule has 0 saturated carbocycles. The van der Waals surface area contributed by atoms with E-state index in [1.54, 1.807) is 48.9 Å². The van der Waals surface area contributed by atoms with Crippen molar-refractivity contribution in [2.24, 2.45) is 0 Å². The van der Waals surface area contributed by atoms with Gasteiger partial charge in [0.1, 0.15) is 5.82 Å². The molecule has 1 amide bonds. The molecule has 6 heteroatoms. The predicted octanol–water partition coefficient (Wildman–Crippen LogP) is 4.53. The number of nitrogens with zero attached hydrogens (tertiary/aromatic N) is 2. The van der Waals surface area contributed by atoms with Gasteiger partial charge in [0.15, 0.2) is 0 Å². The molecule has 0 unspecified atom stereocenters. The average Bonchev–Trinajstić information content (AvgIpc) is 3.20. The van der Waals surface area contributed by atoms with Crippen LogP contribution in [0.2, 0.25) is 0 Å². The van der Waals surface area contributed by atoms with E-state index in [0.29, 0.717) is 5.56 Å². The Morgan fingerprint density at radius 1 is 0.963 bits per heavy atom. The first kappa shape index (κ1) is 16.7. The van der Waals surface area contributed by atoms with Crippen LogP contribution in [0.25, 0.3) is 22.4 Å². The molecule has 0 spiro atoms. The normalized spacial score (nSPS) is 10.6. The first-order chi connectivity index (χ1) is 13.2. The van der Waals surface area contributed by atoms with Gasteiger partial charge in [0.25, 0.3) is 5.91 Å². The molecule has 0 aliphatic rings. The van der Waals surface area contributed by atoms with Crippen LogP contribution in [0, 0.1) is 5.82 Å². The molecule has 0 aliphatic carbocycles. The molecule has 0 atom stereocenters. The van der Waals surface area contributed by atoms with Gasteiger partial charge in [-0.2, -0.15) is 5.10 Å². The minimum atomic E-state index is -0.476. The zero-order valence-electron chi connectivity index (χ0n) is 14.2. The SMILES string of the molecule is O=C(Nc1ccccc1F)c1cccc(-c2[nH]ncc2-c2ccncc2)c1. The molecule has 0 bridgehead atoms. The van der Waals surface area contributed by atoms with E-state index in [0.717, 1.165) is 22.4 Å². The third-order valence-electron chi connectivity index (χ3n) is 4.17. The summed E-state index contributed by atoms with van der Waals surface area (Å²) >= 11 is 0. The number of para-hydroxylation sites is 1. The fourth-order valence-corrected chi connectivity index (χ4v) is 2.83. The molecule has 0 radical (unpaired) electrons. The third-order valence-corrected chi connectivity index (χ3v) is 4.17. The van der Waals surface area contributed by atoms with Crippen molar-refractivity contribution in [1.82, 2.24) is 15.2 Å². The fourth-order valence-electron chi connectivity index (χ4n) is 2.83. The number of halogens is 1. The molecule has 5 nitrogen and oxygen atoms in total. The largest absolute Gasteiger partial charge is 0.319 e. The number of pyridine rings is 1. The van der Waals surface area contributed by atoms with Crippen molar-refractivity contribution in [2.45, 2.75) is 0 Å². The van der Waals surface area contributed by atoms with Crippen molar-refractivity contribution in [1.29, 1.82) is 0 Å². The van der Waals surface area contributed by atoms with Gasteiger partial charge in [0, 0.05) is 29.1 Å². The Morgan fingerprint density at radius 3 is 2.59 bits per heavy atom. The van der Waals surface area contributed by atoms with Crippen molar-refractivity contribution in [3.8, 4) is 22.4 Å². The molecule has 0 fully saturated rings. The Bertz CT molecular complexity index is 1090. The van der Waals surface area contributed by atoms with Gasteiger partial charge >= 0.3 is 0 Å². The maximum atomic E-state index is 13.8. The minimum Gasteiger partial charge on any atom is -0.319 e. The lowest BCUT2D eigenvalue weighted by Gasteiger charge is -2.08. The van der Waals surface area contributed by atoms with Crippen LogP contribution in [0.1, 0.15) is 10.4 Å². The summed E-state index contributed by atoms with van der Waals surface area (Å²) in [5.74, 6) is -0.859. The van der Waals surface area contributed by atoms with Crippen molar-refractivity contribution in [2.75, 3.05) is 5.32 Å². The van der Waals surface area contributed by atoms with Crippen LogP contribution in [0.4, 0.5) is 10.1 Å². The zero-order valence-corrected chi connectivity index (χ0v) is 14.2. The second-order valence-corrected chi connectivity index (χ2v) is 5.91. The van der Waals surface area contributed by atoms with Crippen LogP contribution in [0.5, 0.6) is 0 Å². The zero-order chi connectivity index (χ0) is 18.6. The Labute approximate surface area is 154 Å². The van der Waals surface area contributed by atoms with Crippen LogP contribution >= 0.6 is 0 Å². The summed E-state index contributed by atoms with van der Waals surface area (Å²) in [6, 6.07) is 16.9. The first-order valence-electron chi connectivity index (χ1n) is 8.32. The van der Waals surface area contributed by atoms with E-state index in [4.69, 9.17) is 0 Å². The smallest absolute Gasteiger partial charge is 0.255 e. The molecule has 2 aromatic heterocycles. The Morgan fingerprint density at radius 2 is 1.78 bits per heavy atom. The van der Waals surface area contributed by atoms with E-state index in [2.05, 4.69) is 20.5 Å². The highest BCUT2D eigenvalue weighted by Crippen LogP contribution is 2.30. The highest BCUT2D eigenvalue weighted by atomic mass is 19.1. The topological polar surface area (TPSA) is 70.7 Å². The number of hydrogen-bond donors (Lipinski definition) is 2. The summed E-state index contributed by atoms with van der Waals surface area (Å²) in [5, 5.41) is 9.71. The van der Waals surface area contributed by atoms with Crippen molar-refractivity contribution in [3.63, 3.8) is 0 Å². The van der Waals surface area contributed by atoms with Crippen molar-refractivity contribution >= 4 is 11.6 Å². The van der Waals surface area contributed by atoms with E-state index in [-0.39, 0.29) is 11.6 Å². The first-order valence-corrected chi connectivity index (χ1v) is 8.32. The highest BCUT2D eigenvalue weighted by Gasteiger charge is 2.13. The predicted molar refractivity (Wildman–Crippen MR) is 102 cm³/mol. The number of hydrogen-bond acceptors (Lipinski definition) is 3. The lowest BCUT2D eigenvalue weighted by atomic mass is 10.0. The minimum absolute atomic E-state index is 0.145. The van der Waals surface area contributed by atoms with Gasteiger partial charge < -0.3 is 5.32 Å². The molecule has 4 aromatic rings. The summed E-state index contributed by atoms with van der Waals surface area (Å²) in [5.41, 5.74) is 4.04. The van der Waals surface area contributed by atoms with Crippen LogP contribution in [-0.2, 0) is 0 Å². The maximum Gasteiger partial charge on any atom is 0.255 e. The maximum absolute atomic E-state index is 13.8. The second-order valence-electron chi connectivity index (χ2n) is 5.91. The van der Waals surface area contributed by atoms with E-state index >= 15 is 0 Å². The Balaban J connectivity index is 1.65. The number of carbonyl (C=O) groups excluding carboxylic acids is 1. The summed E-state index contributed by atoms with van der Waals surface area (Å²) in [7, 11) is 0. The number of aromatic nitrogens is 3. The van der Waals surface area contributed by atoms with Gasteiger partial charge in [-0.15, -0.1) is 0 Å². The monoisotopic (exact) mass is 358 g/mol. The molecular formula is C21H15FN4O. The van der Waals surface area contributed by atoms with Gasteiger partial charge in [0.05, 0.1) is 17.6 Å². The summed E-state index contributed by atoms with van der Waals surface area (Å²) < 4.78 is 13.8. The third kappa shape index (κ3) is 3.46. The van der Waals surface area contributed by atoms with Crippen LogP contribution < -0.4 is 5.32 Å².